The van der Waals surface area contributed by atoms with Gasteiger partial charge in [0.15, 0.2) is 0 Å². The Morgan fingerprint density at radius 2 is 0.930 bits per heavy atom. The van der Waals surface area contributed by atoms with Gasteiger partial charge in [0, 0.05) is 10.8 Å². The summed E-state index contributed by atoms with van der Waals surface area (Å²) in [7, 11) is 0. The first-order chi connectivity index (χ1) is 23.0. The fraction of sp³-hybridized carbons (Fsp3) is 0. The minimum absolute atomic E-state index is 0.0437. The van der Waals surface area contributed by atoms with E-state index in [1.807, 2.05) is 12.1 Å². The molecule has 0 amide bonds. The smallest absolute Gasteiger partial charge is 0.136 e. The molecular formula is C42H26O. The van der Waals surface area contributed by atoms with Crippen molar-refractivity contribution in [2.24, 2.45) is 0 Å². The van der Waals surface area contributed by atoms with E-state index >= 15 is 0 Å². The van der Waals surface area contributed by atoms with Gasteiger partial charge in [0.25, 0.3) is 0 Å². The molecule has 1 aromatic heterocycles. The lowest BCUT2D eigenvalue weighted by Crippen LogP contribution is -1.91. The van der Waals surface area contributed by atoms with Gasteiger partial charge in [-0.2, -0.15) is 0 Å². The third kappa shape index (κ3) is 3.72. The van der Waals surface area contributed by atoms with E-state index in [0.29, 0.717) is 27.3 Å². The fourth-order valence-corrected chi connectivity index (χ4v) is 6.66. The lowest BCUT2D eigenvalue weighted by Gasteiger charge is -2.18. The van der Waals surface area contributed by atoms with E-state index in [4.69, 9.17) is 9.90 Å². The van der Waals surface area contributed by atoms with Crippen LogP contribution in [0.15, 0.2) is 162 Å². The number of hydrogen-bond acceptors (Lipinski definition) is 1. The Bertz CT molecular complexity index is 2650. The largest absolute Gasteiger partial charge is 0.456 e. The molecule has 200 valence electrons. The van der Waals surface area contributed by atoms with E-state index < -0.39 is 0 Å². The second-order valence-electron chi connectivity index (χ2n) is 11.0. The molecule has 0 unspecified atom stereocenters. The lowest BCUT2D eigenvalue weighted by atomic mass is 9.85. The van der Waals surface area contributed by atoms with E-state index in [9.17, 15) is 0 Å². The van der Waals surface area contributed by atoms with Crippen LogP contribution >= 0.6 is 0 Å². The molecule has 0 atom stereocenters. The van der Waals surface area contributed by atoms with Gasteiger partial charge in [-0.05, 0) is 83.9 Å². The molecular weight excluding hydrogens is 520 g/mol. The maximum absolute atomic E-state index is 8.79. The van der Waals surface area contributed by atoms with E-state index in [0.717, 1.165) is 43.6 Å². The predicted molar refractivity (Wildman–Crippen MR) is 183 cm³/mol. The van der Waals surface area contributed by atoms with E-state index in [1.165, 1.54) is 16.7 Å². The van der Waals surface area contributed by atoms with Crippen molar-refractivity contribution in [1.82, 2.24) is 0 Å². The summed E-state index contributed by atoms with van der Waals surface area (Å²) in [5.41, 5.74) is 8.10. The van der Waals surface area contributed by atoms with Crippen molar-refractivity contribution < 1.29 is 9.90 Å². The molecule has 0 fully saturated rings. The topological polar surface area (TPSA) is 13.1 Å². The van der Waals surface area contributed by atoms with Crippen LogP contribution in [0.5, 0.6) is 0 Å². The highest BCUT2D eigenvalue weighted by atomic mass is 16.3. The maximum Gasteiger partial charge on any atom is 0.136 e. The summed E-state index contributed by atoms with van der Waals surface area (Å²) in [4.78, 5) is 0. The molecule has 0 bridgehead atoms. The van der Waals surface area contributed by atoms with Crippen LogP contribution < -0.4 is 0 Å². The van der Waals surface area contributed by atoms with Crippen LogP contribution in [0.1, 0.15) is 5.48 Å². The van der Waals surface area contributed by atoms with Crippen molar-refractivity contribution in [1.29, 1.82) is 0 Å². The highest BCUT2D eigenvalue weighted by molar-refractivity contribution is 6.23. The SMILES string of the molecule is [2H]c1c([2H])c([2H])c2c(ccc3oc4ccc(-c5c6ccccc6c(-c6ccc(-c7ccccc7)cc6)c6ccccc56)cc4c32)c1[2H]. The normalized spacial score (nSPS) is 13.0. The Kier molecular flexibility index (Phi) is 4.45. The summed E-state index contributed by atoms with van der Waals surface area (Å²) in [6, 6.07) is 45.5. The van der Waals surface area contributed by atoms with Crippen molar-refractivity contribution in [3.05, 3.63) is 158 Å². The Labute approximate surface area is 254 Å². The number of hydrogen-bond donors (Lipinski definition) is 0. The zero-order valence-corrected chi connectivity index (χ0v) is 23.1. The summed E-state index contributed by atoms with van der Waals surface area (Å²) in [6.07, 6.45) is 0. The third-order valence-electron chi connectivity index (χ3n) is 8.58. The molecule has 0 aliphatic heterocycles. The van der Waals surface area contributed by atoms with Gasteiger partial charge < -0.3 is 4.42 Å². The molecule has 0 saturated heterocycles. The molecule has 0 N–H and O–H groups in total. The Hall–Kier alpha value is -5.66. The molecule has 1 nitrogen and oxygen atoms in total. The Balaban J connectivity index is 1.32. The fourth-order valence-electron chi connectivity index (χ4n) is 6.66. The Morgan fingerprint density at radius 3 is 1.63 bits per heavy atom. The molecule has 9 aromatic rings. The van der Waals surface area contributed by atoms with Crippen LogP contribution in [0.2, 0.25) is 0 Å². The number of benzene rings is 8. The average Bonchev–Trinajstić information content (AvgIpc) is 3.50. The summed E-state index contributed by atoms with van der Waals surface area (Å²) in [5, 5.41) is 7.07. The van der Waals surface area contributed by atoms with Crippen molar-refractivity contribution >= 4 is 54.3 Å². The van der Waals surface area contributed by atoms with Crippen LogP contribution in [0.25, 0.3) is 87.6 Å². The lowest BCUT2D eigenvalue weighted by molar-refractivity contribution is 0.669. The third-order valence-corrected chi connectivity index (χ3v) is 8.58. The van der Waals surface area contributed by atoms with Crippen LogP contribution in [-0.4, -0.2) is 0 Å². The van der Waals surface area contributed by atoms with Gasteiger partial charge in [-0.25, -0.2) is 0 Å². The van der Waals surface area contributed by atoms with Gasteiger partial charge in [0.2, 0.25) is 0 Å². The summed E-state index contributed by atoms with van der Waals surface area (Å²) in [5.74, 6) is 0. The molecule has 0 aliphatic rings. The first kappa shape index (κ1) is 20.3. The highest BCUT2D eigenvalue weighted by Gasteiger charge is 2.18. The van der Waals surface area contributed by atoms with Gasteiger partial charge >= 0.3 is 0 Å². The molecule has 1 heterocycles. The van der Waals surface area contributed by atoms with Crippen molar-refractivity contribution in [3.63, 3.8) is 0 Å². The van der Waals surface area contributed by atoms with Gasteiger partial charge in [0.05, 0.1) is 5.48 Å². The second-order valence-corrected chi connectivity index (χ2v) is 11.0. The minimum atomic E-state index is -0.245. The maximum atomic E-state index is 8.79. The van der Waals surface area contributed by atoms with Crippen LogP contribution in [-0.2, 0) is 0 Å². The molecule has 0 spiro atoms. The number of furan rings is 1. The van der Waals surface area contributed by atoms with Crippen molar-refractivity contribution in [2.75, 3.05) is 0 Å². The van der Waals surface area contributed by atoms with Gasteiger partial charge in [-0.1, -0.05) is 139 Å². The quantitative estimate of drug-likeness (QED) is 0.199. The minimum Gasteiger partial charge on any atom is -0.456 e. The zero-order valence-electron chi connectivity index (χ0n) is 27.1. The van der Waals surface area contributed by atoms with Gasteiger partial charge in [0.1, 0.15) is 11.2 Å². The average molecular weight is 551 g/mol. The van der Waals surface area contributed by atoms with E-state index in [1.54, 1.807) is 12.1 Å². The Morgan fingerprint density at radius 1 is 0.395 bits per heavy atom. The first-order valence-electron chi connectivity index (χ1n) is 16.4. The zero-order chi connectivity index (χ0) is 31.8. The van der Waals surface area contributed by atoms with Crippen molar-refractivity contribution in [2.45, 2.75) is 0 Å². The molecule has 9 rings (SSSR count). The van der Waals surface area contributed by atoms with E-state index in [2.05, 4.69) is 109 Å². The number of rotatable bonds is 3. The molecule has 43 heavy (non-hydrogen) atoms. The van der Waals surface area contributed by atoms with E-state index in [-0.39, 0.29) is 24.2 Å². The molecule has 8 aromatic carbocycles. The molecule has 0 aliphatic carbocycles. The van der Waals surface area contributed by atoms with Gasteiger partial charge in [-0.3, -0.25) is 0 Å². The van der Waals surface area contributed by atoms with Gasteiger partial charge in [-0.15, -0.1) is 0 Å². The summed E-state index contributed by atoms with van der Waals surface area (Å²) in [6.45, 7) is 0. The molecule has 1 heteroatoms. The van der Waals surface area contributed by atoms with Crippen LogP contribution in [0.4, 0.5) is 0 Å². The molecule has 0 saturated carbocycles. The van der Waals surface area contributed by atoms with Crippen LogP contribution in [0, 0.1) is 0 Å². The first-order valence-corrected chi connectivity index (χ1v) is 14.4. The summed E-state index contributed by atoms with van der Waals surface area (Å²) < 4.78 is 40.2. The molecule has 0 radical (unpaired) electrons. The monoisotopic (exact) mass is 550 g/mol. The predicted octanol–water partition coefficient (Wildman–Crippen LogP) is 12.0. The highest BCUT2D eigenvalue weighted by Crippen LogP contribution is 2.45. The van der Waals surface area contributed by atoms with Crippen molar-refractivity contribution in [3.8, 4) is 33.4 Å². The summed E-state index contributed by atoms with van der Waals surface area (Å²) >= 11 is 0. The number of fused-ring (bicyclic) bond motifs is 7. The second kappa shape index (κ2) is 9.44. The van der Waals surface area contributed by atoms with Crippen LogP contribution in [0.3, 0.4) is 0 Å². The standard InChI is InChI=1S/C42H26O/c1-2-10-27(11-3-1)28-18-20-30(21-19-28)40-33-14-6-8-16-35(33)41(36-17-9-7-15-34(36)40)31-23-24-38-37(26-31)42-32-13-5-4-12-29(32)22-25-39(42)43-38/h1-26H/i4D,5D,12D,13D.